The largest absolute Gasteiger partial charge is 0.331 e. The molecule has 112 valence electrons. The van der Waals surface area contributed by atoms with Crippen LogP contribution in [-0.2, 0) is 0 Å². The lowest BCUT2D eigenvalue weighted by Crippen LogP contribution is -2.33. The first-order valence-electron chi connectivity index (χ1n) is 7.25. The molecule has 3 rings (SSSR count). The van der Waals surface area contributed by atoms with Gasteiger partial charge in [0.1, 0.15) is 5.84 Å². The number of hydrazine groups is 1. The Morgan fingerprint density at radius 1 is 1.14 bits per heavy atom. The molecule has 0 amide bonds. The molecule has 0 aromatic heterocycles. The molecule has 1 aliphatic heterocycles. The Bertz CT molecular complexity index is 680. The summed E-state index contributed by atoms with van der Waals surface area (Å²) in [6.45, 7) is 2.94. The smallest absolute Gasteiger partial charge is 0.198 e. The van der Waals surface area contributed by atoms with Gasteiger partial charge in [-0.3, -0.25) is 10.4 Å². The molecule has 2 aromatic rings. The highest BCUT2D eigenvalue weighted by atomic mass is 32.1. The van der Waals surface area contributed by atoms with Gasteiger partial charge in [-0.15, -0.1) is 0 Å². The van der Waals surface area contributed by atoms with Gasteiger partial charge < -0.3 is 5.32 Å². The molecule has 1 saturated heterocycles. The fraction of sp³-hybridized carbons (Fsp3) is 0.176. The molecule has 5 heteroatoms. The van der Waals surface area contributed by atoms with Crippen molar-refractivity contribution in [1.82, 2.24) is 5.43 Å². The molecule has 0 unspecified atom stereocenters. The van der Waals surface area contributed by atoms with Crippen LogP contribution in [0.3, 0.4) is 0 Å². The third kappa shape index (κ3) is 3.62. The van der Waals surface area contributed by atoms with E-state index in [0.29, 0.717) is 5.11 Å². The van der Waals surface area contributed by atoms with Crippen LogP contribution in [0.5, 0.6) is 0 Å². The predicted molar refractivity (Wildman–Crippen MR) is 96.4 cm³/mol. The first-order valence-corrected chi connectivity index (χ1v) is 7.66. The third-order valence-electron chi connectivity index (χ3n) is 3.44. The molecule has 1 aliphatic rings. The number of nitrogens with one attached hydrogen (secondary N) is 2. The Morgan fingerprint density at radius 3 is 2.59 bits per heavy atom. The van der Waals surface area contributed by atoms with Crippen LogP contribution in [-0.4, -0.2) is 17.5 Å². The number of nitrogens with zero attached hydrogens (tertiary/aromatic N) is 2. The van der Waals surface area contributed by atoms with Crippen molar-refractivity contribution in [2.45, 2.75) is 13.3 Å². The zero-order valence-corrected chi connectivity index (χ0v) is 13.2. The molecule has 4 nitrogen and oxygen atoms in total. The van der Waals surface area contributed by atoms with E-state index in [1.54, 1.807) is 0 Å². The average molecular weight is 310 g/mol. The Labute approximate surface area is 135 Å². The number of rotatable bonds is 2. The molecule has 0 bridgehead atoms. The fourth-order valence-electron chi connectivity index (χ4n) is 2.28. The molecule has 1 heterocycles. The quantitative estimate of drug-likeness (QED) is 0.833. The van der Waals surface area contributed by atoms with Gasteiger partial charge in [0.25, 0.3) is 0 Å². The summed E-state index contributed by atoms with van der Waals surface area (Å²) in [6, 6.07) is 18.3. The maximum absolute atomic E-state index is 5.30. The molecule has 0 saturated carbocycles. The van der Waals surface area contributed by atoms with Gasteiger partial charge >= 0.3 is 0 Å². The standard InChI is InChI=1S/C17H18N4S/c1-13-7-9-14(10-8-13)18-17(22)19-16-11-12-21(20-16)15-5-3-2-4-6-15/h2-10H,11-12H2,1H3,(H2,18,19,20,22). The highest BCUT2D eigenvalue weighted by Crippen LogP contribution is 2.15. The average Bonchev–Trinajstić information content (AvgIpc) is 2.99. The lowest BCUT2D eigenvalue weighted by Gasteiger charge is -2.17. The maximum Gasteiger partial charge on any atom is 0.198 e. The number of aryl methyl sites for hydroxylation is 1. The molecule has 2 N–H and O–H groups in total. The molecule has 0 radical (unpaired) electrons. The lowest BCUT2D eigenvalue weighted by molar-refractivity contribution is 0.858. The molecule has 0 aliphatic carbocycles. The minimum absolute atomic E-state index is 0.473. The van der Waals surface area contributed by atoms with Crippen LogP contribution in [0.2, 0.25) is 0 Å². The summed E-state index contributed by atoms with van der Waals surface area (Å²) >= 11 is 5.30. The van der Waals surface area contributed by atoms with Crippen molar-refractivity contribution < 1.29 is 0 Å². The Hall–Kier alpha value is -2.40. The van der Waals surface area contributed by atoms with Gasteiger partial charge in [0.2, 0.25) is 0 Å². The van der Waals surface area contributed by atoms with Crippen molar-refractivity contribution in [2.24, 2.45) is 4.99 Å². The predicted octanol–water partition coefficient (Wildman–Crippen LogP) is 3.51. The molecule has 2 aromatic carbocycles. The normalized spacial score (nSPS) is 15.7. The molecular formula is C17H18N4S. The van der Waals surface area contributed by atoms with Gasteiger partial charge in [0.15, 0.2) is 5.11 Å². The second-order valence-electron chi connectivity index (χ2n) is 5.20. The van der Waals surface area contributed by atoms with Gasteiger partial charge in [0, 0.05) is 18.7 Å². The number of para-hydroxylation sites is 1. The van der Waals surface area contributed by atoms with E-state index in [1.165, 1.54) is 5.56 Å². The maximum atomic E-state index is 5.30. The van der Waals surface area contributed by atoms with E-state index in [-0.39, 0.29) is 0 Å². The van der Waals surface area contributed by atoms with Crippen LogP contribution >= 0.6 is 12.2 Å². The van der Waals surface area contributed by atoms with Gasteiger partial charge in [-0.05, 0) is 43.4 Å². The number of hydrogen-bond donors (Lipinski definition) is 2. The SMILES string of the molecule is Cc1ccc(NC(=S)/N=C2/CCN(c3ccccc3)N2)cc1. The lowest BCUT2D eigenvalue weighted by atomic mass is 10.2. The second kappa shape index (κ2) is 6.58. The van der Waals surface area contributed by atoms with Crippen LogP contribution in [0.1, 0.15) is 12.0 Å². The van der Waals surface area contributed by atoms with E-state index in [1.807, 2.05) is 42.5 Å². The topological polar surface area (TPSA) is 39.7 Å². The van der Waals surface area contributed by atoms with Crippen molar-refractivity contribution >= 4 is 34.5 Å². The summed E-state index contributed by atoms with van der Waals surface area (Å²) in [5.41, 5.74) is 6.60. The van der Waals surface area contributed by atoms with E-state index in [2.05, 4.69) is 39.8 Å². The first kappa shape index (κ1) is 14.5. The fourth-order valence-corrected chi connectivity index (χ4v) is 2.51. The highest BCUT2D eigenvalue weighted by Gasteiger charge is 2.17. The zero-order valence-electron chi connectivity index (χ0n) is 12.4. The summed E-state index contributed by atoms with van der Waals surface area (Å²) in [7, 11) is 0. The van der Waals surface area contributed by atoms with Crippen LogP contribution in [0.15, 0.2) is 59.6 Å². The van der Waals surface area contributed by atoms with Crippen LogP contribution < -0.4 is 15.8 Å². The van der Waals surface area contributed by atoms with Crippen LogP contribution in [0.4, 0.5) is 11.4 Å². The van der Waals surface area contributed by atoms with E-state index in [4.69, 9.17) is 12.2 Å². The summed E-state index contributed by atoms with van der Waals surface area (Å²) in [6.07, 6.45) is 0.852. The highest BCUT2D eigenvalue weighted by molar-refractivity contribution is 7.80. The molecule has 0 atom stereocenters. The van der Waals surface area contributed by atoms with Crippen molar-refractivity contribution in [3.05, 3.63) is 60.2 Å². The van der Waals surface area contributed by atoms with Crippen LogP contribution in [0, 0.1) is 6.92 Å². The minimum Gasteiger partial charge on any atom is -0.331 e. The number of thiocarbonyl (C=S) groups is 1. The van der Waals surface area contributed by atoms with Crippen molar-refractivity contribution in [2.75, 3.05) is 16.9 Å². The molecule has 1 fully saturated rings. The first-order chi connectivity index (χ1) is 10.7. The minimum atomic E-state index is 0.473. The Kier molecular flexibility index (Phi) is 4.34. The van der Waals surface area contributed by atoms with Gasteiger partial charge in [-0.25, -0.2) is 4.99 Å². The molecular weight excluding hydrogens is 292 g/mol. The summed E-state index contributed by atoms with van der Waals surface area (Å²) in [4.78, 5) is 4.45. The molecule has 0 spiro atoms. The van der Waals surface area contributed by atoms with E-state index >= 15 is 0 Å². The van der Waals surface area contributed by atoms with Crippen molar-refractivity contribution in [3.63, 3.8) is 0 Å². The van der Waals surface area contributed by atoms with E-state index < -0.39 is 0 Å². The Morgan fingerprint density at radius 2 is 1.86 bits per heavy atom. The van der Waals surface area contributed by atoms with Crippen molar-refractivity contribution in [1.29, 1.82) is 0 Å². The third-order valence-corrected chi connectivity index (χ3v) is 3.64. The zero-order chi connectivity index (χ0) is 15.4. The van der Waals surface area contributed by atoms with Gasteiger partial charge in [-0.2, -0.15) is 0 Å². The van der Waals surface area contributed by atoms with Gasteiger partial charge in [-0.1, -0.05) is 35.9 Å². The summed E-state index contributed by atoms with van der Waals surface area (Å²) in [5.74, 6) is 0.883. The Balaban J connectivity index is 1.61. The summed E-state index contributed by atoms with van der Waals surface area (Å²) in [5, 5.41) is 5.69. The van der Waals surface area contributed by atoms with E-state index in [9.17, 15) is 0 Å². The number of amidine groups is 1. The summed E-state index contributed by atoms with van der Waals surface area (Å²) < 4.78 is 0. The molecule has 22 heavy (non-hydrogen) atoms. The van der Waals surface area contributed by atoms with Crippen LogP contribution in [0.25, 0.3) is 0 Å². The number of benzene rings is 2. The number of anilines is 2. The second-order valence-corrected chi connectivity index (χ2v) is 5.59. The number of aliphatic imine (C=N–C) groups is 1. The monoisotopic (exact) mass is 310 g/mol. The van der Waals surface area contributed by atoms with Crippen molar-refractivity contribution in [3.8, 4) is 0 Å². The van der Waals surface area contributed by atoms with Gasteiger partial charge in [0.05, 0.1) is 5.69 Å². The van der Waals surface area contributed by atoms with E-state index in [0.717, 1.165) is 30.2 Å². The number of hydrogen-bond acceptors (Lipinski definition) is 2.